The summed E-state index contributed by atoms with van der Waals surface area (Å²) in [5, 5.41) is 0. The average molecular weight is 358 g/mol. The number of sulfonamides is 1. The van der Waals surface area contributed by atoms with Crippen LogP contribution in [0.3, 0.4) is 0 Å². The fourth-order valence-corrected chi connectivity index (χ4v) is 4.52. The summed E-state index contributed by atoms with van der Waals surface area (Å²) in [6, 6.07) is 16.7. The molecule has 2 aromatic rings. The predicted molar refractivity (Wildman–Crippen MR) is 99.3 cm³/mol. The van der Waals surface area contributed by atoms with E-state index in [2.05, 4.69) is 4.90 Å². The lowest BCUT2D eigenvalue weighted by Gasteiger charge is -2.35. The van der Waals surface area contributed by atoms with E-state index in [-0.39, 0.29) is 11.5 Å². The van der Waals surface area contributed by atoms with Gasteiger partial charge in [0.1, 0.15) is 0 Å². The molecule has 0 N–H and O–H groups in total. The zero-order chi connectivity index (χ0) is 17.9. The third-order valence-corrected chi connectivity index (χ3v) is 6.31. The second-order valence-corrected chi connectivity index (χ2v) is 8.20. The Morgan fingerprint density at radius 2 is 1.52 bits per heavy atom. The van der Waals surface area contributed by atoms with E-state index in [1.54, 1.807) is 11.2 Å². The van der Waals surface area contributed by atoms with Crippen LogP contribution in [-0.2, 0) is 15.8 Å². The zero-order valence-electron chi connectivity index (χ0n) is 14.3. The topological polar surface area (TPSA) is 57.7 Å². The zero-order valence-corrected chi connectivity index (χ0v) is 15.1. The van der Waals surface area contributed by atoms with E-state index in [1.807, 2.05) is 54.6 Å². The first-order valence-corrected chi connectivity index (χ1v) is 9.94. The lowest BCUT2D eigenvalue weighted by atomic mass is 10.1. The summed E-state index contributed by atoms with van der Waals surface area (Å²) in [7, 11) is -3.30. The van der Waals surface area contributed by atoms with Crippen molar-refractivity contribution in [1.82, 2.24) is 4.31 Å². The molecule has 0 radical (unpaired) electrons. The third-order valence-electron chi connectivity index (χ3n) is 4.46. The minimum absolute atomic E-state index is 0.0428. The van der Waals surface area contributed by atoms with Crippen molar-refractivity contribution in [1.29, 1.82) is 0 Å². The summed E-state index contributed by atoms with van der Waals surface area (Å²) in [4.78, 5) is 13.5. The molecule has 5 nitrogen and oxygen atoms in total. The van der Waals surface area contributed by atoms with E-state index in [0.29, 0.717) is 31.7 Å². The predicted octanol–water partition coefficient (Wildman–Crippen LogP) is 2.54. The van der Waals surface area contributed by atoms with Gasteiger partial charge in [0, 0.05) is 37.4 Å². The highest BCUT2D eigenvalue weighted by Gasteiger charge is 2.27. The van der Waals surface area contributed by atoms with Crippen molar-refractivity contribution in [3.63, 3.8) is 0 Å². The minimum atomic E-state index is -3.30. The average Bonchev–Trinajstić information content (AvgIpc) is 2.62. The van der Waals surface area contributed by atoms with Gasteiger partial charge in [-0.05, 0) is 36.8 Å². The van der Waals surface area contributed by atoms with Crippen LogP contribution >= 0.6 is 0 Å². The fraction of sp³-hybridized carbons (Fsp3) is 0.316. The standard InChI is InChI=1S/C19H22N2O3S/c1-16(22)18-7-9-19(10-8-18)20-11-13-21(14-12-20)25(23,24)15-17-5-3-2-4-6-17/h2-10H,11-15H2,1H3. The first-order valence-electron chi connectivity index (χ1n) is 8.33. The molecule has 0 unspecified atom stereocenters. The van der Waals surface area contributed by atoms with Gasteiger partial charge < -0.3 is 4.90 Å². The largest absolute Gasteiger partial charge is 0.369 e. The number of carbonyl (C=O) groups excluding carboxylic acids is 1. The summed E-state index contributed by atoms with van der Waals surface area (Å²) < 4.78 is 26.7. The molecule has 2 aromatic carbocycles. The molecule has 25 heavy (non-hydrogen) atoms. The smallest absolute Gasteiger partial charge is 0.218 e. The molecule has 3 rings (SSSR count). The summed E-state index contributed by atoms with van der Waals surface area (Å²) in [6.07, 6.45) is 0. The Hall–Kier alpha value is -2.18. The van der Waals surface area contributed by atoms with Crippen LogP contribution in [0, 0.1) is 0 Å². The molecule has 0 aliphatic carbocycles. The molecule has 0 spiro atoms. The molecule has 1 aliphatic heterocycles. The van der Waals surface area contributed by atoms with Crippen LogP contribution < -0.4 is 4.90 Å². The number of Topliss-reactive ketones (excluding diaryl/α,β-unsaturated/α-hetero) is 1. The van der Waals surface area contributed by atoms with Gasteiger partial charge in [-0.25, -0.2) is 8.42 Å². The number of ketones is 1. The lowest BCUT2D eigenvalue weighted by Crippen LogP contribution is -2.49. The minimum Gasteiger partial charge on any atom is -0.369 e. The molecule has 132 valence electrons. The normalized spacial score (nSPS) is 16.0. The molecule has 1 aliphatic rings. The Balaban J connectivity index is 1.62. The van der Waals surface area contributed by atoms with Gasteiger partial charge >= 0.3 is 0 Å². The van der Waals surface area contributed by atoms with Crippen LogP contribution in [-0.4, -0.2) is 44.7 Å². The summed E-state index contributed by atoms with van der Waals surface area (Å²) in [5.74, 6) is 0.0876. The van der Waals surface area contributed by atoms with Crippen LogP contribution in [0.2, 0.25) is 0 Å². The number of piperazine rings is 1. The molecular formula is C19H22N2O3S. The van der Waals surface area contributed by atoms with E-state index >= 15 is 0 Å². The molecule has 0 bridgehead atoms. The van der Waals surface area contributed by atoms with Crippen molar-refractivity contribution in [2.45, 2.75) is 12.7 Å². The third kappa shape index (κ3) is 4.27. The van der Waals surface area contributed by atoms with E-state index in [1.165, 1.54) is 0 Å². The van der Waals surface area contributed by atoms with Crippen LogP contribution in [0.15, 0.2) is 54.6 Å². The Morgan fingerprint density at radius 3 is 2.08 bits per heavy atom. The van der Waals surface area contributed by atoms with Gasteiger partial charge in [-0.1, -0.05) is 30.3 Å². The Morgan fingerprint density at radius 1 is 0.920 bits per heavy atom. The first kappa shape index (κ1) is 17.6. The van der Waals surface area contributed by atoms with E-state index < -0.39 is 10.0 Å². The molecule has 1 heterocycles. The van der Waals surface area contributed by atoms with Gasteiger partial charge in [0.05, 0.1) is 5.75 Å². The number of hydrogen-bond acceptors (Lipinski definition) is 4. The van der Waals surface area contributed by atoms with Gasteiger partial charge in [0.15, 0.2) is 5.78 Å². The van der Waals surface area contributed by atoms with Crippen molar-refractivity contribution in [3.05, 3.63) is 65.7 Å². The van der Waals surface area contributed by atoms with Crippen LogP contribution in [0.4, 0.5) is 5.69 Å². The SMILES string of the molecule is CC(=O)c1ccc(N2CCN(S(=O)(=O)Cc3ccccc3)CC2)cc1. The van der Waals surface area contributed by atoms with E-state index in [4.69, 9.17) is 0 Å². The number of hydrogen-bond donors (Lipinski definition) is 0. The molecule has 0 amide bonds. The van der Waals surface area contributed by atoms with Crippen molar-refractivity contribution in [3.8, 4) is 0 Å². The molecule has 6 heteroatoms. The van der Waals surface area contributed by atoms with Gasteiger partial charge in [0.2, 0.25) is 10.0 Å². The number of carbonyl (C=O) groups is 1. The number of benzene rings is 2. The molecule has 0 atom stereocenters. The summed E-state index contributed by atoms with van der Waals surface area (Å²) >= 11 is 0. The van der Waals surface area contributed by atoms with Crippen LogP contribution in [0.1, 0.15) is 22.8 Å². The highest BCUT2D eigenvalue weighted by Crippen LogP contribution is 2.20. The first-order chi connectivity index (χ1) is 12.0. The highest BCUT2D eigenvalue weighted by atomic mass is 32.2. The van der Waals surface area contributed by atoms with Gasteiger partial charge in [-0.3, -0.25) is 4.79 Å². The van der Waals surface area contributed by atoms with Crippen molar-refractivity contribution in [2.24, 2.45) is 0 Å². The summed E-state index contributed by atoms with van der Waals surface area (Å²) in [6.45, 7) is 3.79. The molecular weight excluding hydrogens is 336 g/mol. The fourth-order valence-electron chi connectivity index (χ4n) is 3.01. The maximum Gasteiger partial charge on any atom is 0.218 e. The quantitative estimate of drug-likeness (QED) is 0.771. The maximum atomic E-state index is 12.6. The van der Waals surface area contributed by atoms with Crippen molar-refractivity contribution < 1.29 is 13.2 Å². The maximum absolute atomic E-state index is 12.6. The van der Waals surface area contributed by atoms with Crippen molar-refractivity contribution >= 4 is 21.5 Å². The Bertz CT molecular complexity index is 825. The second kappa shape index (κ2) is 7.37. The monoisotopic (exact) mass is 358 g/mol. The Labute approximate surface area is 148 Å². The summed E-state index contributed by atoms with van der Waals surface area (Å²) in [5.41, 5.74) is 2.52. The molecule has 0 aromatic heterocycles. The van der Waals surface area contributed by atoms with E-state index in [9.17, 15) is 13.2 Å². The van der Waals surface area contributed by atoms with Gasteiger partial charge in [-0.2, -0.15) is 4.31 Å². The molecule has 0 saturated carbocycles. The van der Waals surface area contributed by atoms with Crippen molar-refractivity contribution in [2.75, 3.05) is 31.1 Å². The number of rotatable bonds is 5. The number of nitrogens with zero attached hydrogens (tertiary/aromatic N) is 2. The second-order valence-electron chi connectivity index (χ2n) is 6.23. The lowest BCUT2D eigenvalue weighted by molar-refractivity contribution is 0.101. The number of anilines is 1. The van der Waals surface area contributed by atoms with Gasteiger partial charge in [-0.15, -0.1) is 0 Å². The Kier molecular flexibility index (Phi) is 5.20. The highest BCUT2D eigenvalue weighted by molar-refractivity contribution is 7.88. The van der Waals surface area contributed by atoms with Crippen LogP contribution in [0.5, 0.6) is 0 Å². The van der Waals surface area contributed by atoms with Gasteiger partial charge in [0.25, 0.3) is 0 Å². The molecule has 1 fully saturated rings. The van der Waals surface area contributed by atoms with E-state index in [0.717, 1.165) is 11.3 Å². The molecule has 1 saturated heterocycles. The van der Waals surface area contributed by atoms with Crippen LogP contribution in [0.25, 0.3) is 0 Å².